The lowest BCUT2D eigenvalue weighted by atomic mass is 10.2. The summed E-state index contributed by atoms with van der Waals surface area (Å²) < 4.78 is 1.86. The average Bonchev–Trinajstić information content (AvgIpc) is 2.65. The second-order valence-corrected chi connectivity index (χ2v) is 3.43. The number of imidazole rings is 1. The highest BCUT2D eigenvalue weighted by Gasteiger charge is 2.00. The number of carboxylic acid groups (broad SMARTS) is 1. The molecule has 0 spiro atoms. The van der Waals surface area contributed by atoms with Gasteiger partial charge in [-0.05, 0) is 12.8 Å². The lowest BCUT2D eigenvalue weighted by molar-refractivity contribution is -0.137. The quantitative estimate of drug-likeness (QED) is 0.317. The van der Waals surface area contributed by atoms with Crippen LogP contribution in [0.3, 0.4) is 0 Å². The number of carbonyl (C=O) groups is 1. The van der Waals surface area contributed by atoms with E-state index in [0.717, 1.165) is 19.4 Å². The molecule has 0 fully saturated rings. The van der Waals surface area contributed by atoms with Gasteiger partial charge in [-0.25, -0.2) is 4.98 Å². The molecule has 0 aromatic carbocycles. The predicted octanol–water partition coefficient (Wildman–Crippen LogP) is 1.34. The first-order chi connectivity index (χ1) is 7.74. The van der Waals surface area contributed by atoms with Crippen LogP contribution in [0, 0.1) is 0 Å². The highest BCUT2D eigenvalue weighted by molar-refractivity contribution is 5.74. The Balaban J connectivity index is 2.26. The highest BCUT2D eigenvalue weighted by atomic mass is 16.4. The summed E-state index contributed by atoms with van der Waals surface area (Å²) in [5.41, 5.74) is 0. The lowest BCUT2D eigenvalue weighted by Gasteiger charge is -2.03. The van der Waals surface area contributed by atoms with Crippen LogP contribution in [0.1, 0.15) is 31.5 Å². The number of carboxylic acids is 1. The predicted molar refractivity (Wildman–Crippen MR) is 57.7 cm³/mol. The van der Waals surface area contributed by atoms with E-state index < -0.39 is 5.97 Å². The van der Waals surface area contributed by atoms with Crippen molar-refractivity contribution in [1.29, 1.82) is 0 Å². The number of nitrogens with zero attached hydrogens (tertiary/aromatic N) is 3. The topological polar surface area (TPSA) is 87.7 Å². The Labute approximate surface area is 93.2 Å². The van der Waals surface area contributed by atoms with Gasteiger partial charge in [-0.2, -0.15) is 0 Å². The fraction of sp³-hybridized carbons (Fsp3) is 0.500. The fourth-order valence-corrected chi connectivity index (χ4v) is 1.42. The van der Waals surface area contributed by atoms with Crippen LogP contribution in [0.4, 0.5) is 0 Å². The van der Waals surface area contributed by atoms with E-state index in [2.05, 4.69) is 10.1 Å². The summed E-state index contributed by atoms with van der Waals surface area (Å²) in [6, 6.07) is 0. The smallest absolute Gasteiger partial charge is 0.303 e. The van der Waals surface area contributed by atoms with Gasteiger partial charge in [-0.15, -0.1) is 0 Å². The number of hydrogen-bond acceptors (Lipinski definition) is 4. The summed E-state index contributed by atoms with van der Waals surface area (Å²) in [7, 11) is 0. The first-order valence-corrected chi connectivity index (χ1v) is 5.14. The molecule has 6 nitrogen and oxygen atoms in total. The van der Waals surface area contributed by atoms with Crippen molar-refractivity contribution in [2.75, 3.05) is 0 Å². The maximum atomic E-state index is 10.3. The molecule has 1 aromatic heterocycles. The van der Waals surface area contributed by atoms with Crippen LogP contribution >= 0.6 is 0 Å². The molecule has 0 saturated carbocycles. The first-order valence-electron chi connectivity index (χ1n) is 5.14. The van der Waals surface area contributed by atoms with Gasteiger partial charge in [-0.3, -0.25) is 4.79 Å². The van der Waals surface area contributed by atoms with E-state index in [1.807, 2.05) is 4.57 Å². The van der Waals surface area contributed by atoms with Gasteiger partial charge in [0.2, 0.25) is 0 Å². The summed E-state index contributed by atoms with van der Waals surface area (Å²) in [6.45, 7) is 0.751. The zero-order valence-corrected chi connectivity index (χ0v) is 8.91. The minimum atomic E-state index is -0.754. The molecular weight excluding hydrogens is 210 g/mol. The van der Waals surface area contributed by atoms with Crippen LogP contribution < -0.4 is 0 Å². The maximum Gasteiger partial charge on any atom is 0.303 e. The van der Waals surface area contributed by atoms with Crippen molar-refractivity contribution in [1.82, 2.24) is 9.55 Å². The van der Waals surface area contributed by atoms with Gasteiger partial charge in [0.1, 0.15) is 6.21 Å². The van der Waals surface area contributed by atoms with Crippen LogP contribution in [-0.2, 0) is 11.3 Å². The maximum absolute atomic E-state index is 10.3. The molecule has 0 unspecified atom stereocenters. The van der Waals surface area contributed by atoms with E-state index in [1.165, 1.54) is 6.21 Å². The highest BCUT2D eigenvalue weighted by Crippen LogP contribution is 2.04. The Morgan fingerprint density at radius 2 is 2.31 bits per heavy atom. The third kappa shape index (κ3) is 4.12. The van der Waals surface area contributed by atoms with E-state index in [4.69, 9.17) is 10.3 Å². The SMILES string of the molecule is O=C(O)CCCCCn1ccnc1/C=N/O. The van der Waals surface area contributed by atoms with Crippen molar-refractivity contribution < 1.29 is 15.1 Å². The summed E-state index contributed by atoms with van der Waals surface area (Å²) in [5.74, 6) is -0.156. The van der Waals surface area contributed by atoms with E-state index in [0.29, 0.717) is 12.2 Å². The first kappa shape index (κ1) is 12.2. The van der Waals surface area contributed by atoms with Crippen molar-refractivity contribution in [2.24, 2.45) is 5.16 Å². The normalized spacial score (nSPS) is 11.0. The van der Waals surface area contributed by atoms with Crippen LogP contribution in [-0.4, -0.2) is 32.0 Å². The summed E-state index contributed by atoms with van der Waals surface area (Å²) in [5, 5.41) is 19.8. The van der Waals surface area contributed by atoms with Gasteiger partial charge in [-0.1, -0.05) is 11.6 Å². The van der Waals surface area contributed by atoms with Crippen LogP contribution in [0.5, 0.6) is 0 Å². The Morgan fingerprint density at radius 3 is 3.00 bits per heavy atom. The number of aryl methyl sites for hydroxylation is 1. The molecule has 88 valence electrons. The van der Waals surface area contributed by atoms with Gasteiger partial charge < -0.3 is 14.9 Å². The van der Waals surface area contributed by atoms with Gasteiger partial charge in [0, 0.05) is 25.4 Å². The summed E-state index contributed by atoms with van der Waals surface area (Å²) in [4.78, 5) is 14.3. The van der Waals surface area contributed by atoms with Gasteiger partial charge >= 0.3 is 5.97 Å². The van der Waals surface area contributed by atoms with E-state index in [9.17, 15) is 4.79 Å². The van der Waals surface area contributed by atoms with Crippen molar-refractivity contribution >= 4 is 12.2 Å². The molecular formula is C10H15N3O3. The molecule has 0 aliphatic heterocycles. The zero-order chi connectivity index (χ0) is 11.8. The van der Waals surface area contributed by atoms with Crippen LogP contribution in [0.25, 0.3) is 0 Å². The minimum Gasteiger partial charge on any atom is -0.481 e. The van der Waals surface area contributed by atoms with E-state index >= 15 is 0 Å². The van der Waals surface area contributed by atoms with Crippen molar-refractivity contribution in [3.8, 4) is 0 Å². The number of rotatable bonds is 7. The second kappa shape index (κ2) is 6.60. The largest absolute Gasteiger partial charge is 0.481 e. The molecule has 0 saturated heterocycles. The monoisotopic (exact) mass is 225 g/mol. The van der Waals surface area contributed by atoms with Crippen molar-refractivity contribution in [2.45, 2.75) is 32.2 Å². The number of aliphatic carboxylic acids is 1. The van der Waals surface area contributed by atoms with Crippen molar-refractivity contribution in [3.05, 3.63) is 18.2 Å². The van der Waals surface area contributed by atoms with Crippen molar-refractivity contribution in [3.63, 3.8) is 0 Å². The molecule has 1 heterocycles. The standard InChI is InChI=1S/C10H15N3O3/c14-10(15)4-2-1-3-6-13-7-5-11-9(13)8-12-16/h5,7-8,16H,1-4,6H2,(H,14,15)/b12-8+. The Hall–Kier alpha value is -1.85. The average molecular weight is 225 g/mol. The molecule has 0 amide bonds. The third-order valence-corrected chi connectivity index (χ3v) is 2.21. The fourth-order valence-electron chi connectivity index (χ4n) is 1.42. The molecule has 6 heteroatoms. The van der Waals surface area contributed by atoms with Crippen LogP contribution in [0.2, 0.25) is 0 Å². The number of hydrogen-bond donors (Lipinski definition) is 2. The number of aromatic nitrogens is 2. The van der Waals surface area contributed by atoms with Crippen LogP contribution in [0.15, 0.2) is 17.5 Å². The van der Waals surface area contributed by atoms with Gasteiger partial charge in [0.15, 0.2) is 5.82 Å². The molecule has 0 aliphatic rings. The van der Waals surface area contributed by atoms with E-state index in [1.54, 1.807) is 12.4 Å². The Bertz CT molecular complexity index is 360. The minimum absolute atomic E-state index is 0.217. The molecule has 1 aromatic rings. The van der Waals surface area contributed by atoms with E-state index in [-0.39, 0.29) is 6.42 Å². The number of oxime groups is 1. The van der Waals surface area contributed by atoms with Gasteiger partial charge in [0.05, 0.1) is 0 Å². The molecule has 2 N–H and O–H groups in total. The Morgan fingerprint density at radius 1 is 1.50 bits per heavy atom. The third-order valence-electron chi connectivity index (χ3n) is 2.21. The lowest BCUT2D eigenvalue weighted by Crippen LogP contribution is -2.03. The molecule has 1 rings (SSSR count). The van der Waals surface area contributed by atoms with Gasteiger partial charge in [0.25, 0.3) is 0 Å². The second-order valence-electron chi connectivity index (χ2n) is 3.43. The molecule has 0 aliphatic carbocycles. The Kier molecular flexibility index (Phi) is 5.04. The molecule has 16 heavy (non-hydrogen) atoms. The molecule has 0 atom stereocenters. The molecule has 0 radical (unpaired) electrons. The summed E-state index contributed by atoms with van der Waals surface area (Å²) in [6.07, 6.45) is 7.36. The zero-order valence-electron chi connectivity index (χ0n) is 8.91. The molecule has 0 bridgehead atoms. The summed E-state index contributed by atoms with van der Waals surface area (Å²) >= 11 is 0. The number of unbranched alkanes of at least 4 members (excludes halogenated alkanes) is 2.